The van der Waals surface area contributed by atoms with Gasteiger partial charge in [0.15, 0.2) is 0 Å². The summed E-state index contributed by atoms with van der Waals surface area (Å²) in [4.78, 5) is 10.8. The van der Waals surface area contributed by atoms with Crippen molar-refractivity contribution in [1.29, 1.82) is 0 Å². The van der Waals surface area contributed by atoms with Gasteiger partial charge in [0.05, 0.1) is 5.41 Å². The molecule has 3 rings (SSSR count). The molecule has 2 heteroatoms. The maximum Gasteiger partial charge on any atom is 0.309 e. The second-order valence-electron chi connectivity index (χ2n) is 4.72. The first kappa shape index (κ1) is 8.09. The lowest BCUT2D eigenvalue weighted by molar-refractivity contribution is -0.225. The summed E-state index contributed by atoms with van der Waals surface area (Å²) in [6, 6.07) is 0. The van der Waals surface area contributed by atoms with E-state index in [9.17, 15) is 4.79 Å². The zero-order valence-electron chi connectivity index (χ0n) is 7.60. The Kier molecular flexibility index (Phi) is 1.51. The Morgan fingerprint density at radius 2 is 2.00 bits per heavy atom. The monoisotopic (exact) mass is 168 g/mol. The molecule has 0 atom stereocenters. The van der Waals surface area contributed by atoms with Crippen LogP contribution in [0.2, 0.25) is 0 Å². The molecule has 0 aromatic heterocycles. The molecule has 12 heavy (non-hydrogen) atoms. The molecule has 3 saturated carbocycles. The highest BCUT2D eigenvalue weighted by Gasteiger charge is 2.70. The summed E-state index contributed by atoms with van der Waals surface area (Å²) in [7, 11) is 0. The van der Waals surface area contributed by atoms with Crippen LogP contribution in [-0.2, 0) is 4.79 Å². The van der Waals surface area contributed by atoms with Crippen molar-refractivity contribution in [2.75, 3.05) is 0 Å². The third-order valence-electron chi connectivity index (χ3n) is 3.65. The van der Waals surface area contributed by atoms with Crippen LogP contribution in [0.5, 0.6) is 0 Å². The Labute approximate surface area is 73.0 Å². The van der Waals surface area contributed by atoms with E-state index in [1.165, 1.54) is 19.3 Å². The van der Waals surface area contributed by atoms with Crippen LogP contribution in [-0.4, -0.2) is 11.1 Å². The summed E-state index contributed by atoms with van der Waals surface area (Å²) in [5.74, 6) is -0.555. The molecule has 2 bridgehead atoms. The first-order valence-electron chi connectivity index (χ1n) is 4.86. The van der Waals surface area contributed by atoms with Crippen LogP contribution in [0.15, 0.2) is 0 Å². The summed E-state index contributed by atoms with van der Waals surface area (Å²) in [5, 5.41) is 8.87. The van der Waals surface area contributed by atoms with Gasteiger partial charge in [0, 0.05) is 0 Å². The minimum Gasteiger partial charge on any atom is -0.481 e. The van der Waals surface area contributed by atoms with Gasteiger partial charge in [-0.05, 0) is 31.1 Å². The highest BCUT2D eigenvalue weighted by molar-refractivity contribution is 5.79. The van der Waals surface area contributed by atoms with Gasteiger partial charge in [-0.2, -0.15) is 0 Å². The molecule has 0 unspecified atom stereocenters. The largest absolute Gasteiger partial charge is 0.481 e. The zero-order chi connectivity index (χ0) is 8.82. The Bertz CT molecular complexity index is 200. The first-order valence-corrected chi connectivity index (χ1v) is 4.86. The van der Waals surface area contributed by atoms with Gasteiger partial charge in [-0.25, -0.2) is 0 Å². The molecule has 3 fully saturated rings. The Hall–Kier alpha value is -0.530. The molecule has 2 nitrogen and oxygen atoms in total. The van der Waals surface area contributed by atoms with Gasteiger partial charge < -0.3 is 5.11 Å². The van der Waals surface area contributed by atoms with E-state index in [1.54, 1.807) is 0 Å². The van der Waals surface area contributed by atoms with Gasteiger partial charge in [-0.1, -0.05) is 19.8 Å². The summed E-state index contributed by atoms with van der Waals surface area (Å²) >= 11 is 0. The molecule has 0 aromatic carbocycles. The zero-order valence-corrected chi connectivity index (χ0v) is 7.60. The molecular weight excluding hydrogens is 152 g/mol. The van der Waals surface area contributed by atoms with E-state index in [0.29, 0.717) is 5.41 Å². The number of carbonyl (C=O) groups is 1. The summed E-state index contributed by atoms with van der Waals surface area (Å²) in [6.07, 6.45) is 6.68. The second kappa shape index (κ2) is 2.24. The van der Waals surface area contributed by atoms with Gasteiger partial charge in [-0.3, -0.25) is 4.79 Å². The van der Waals surface area contributed by atoms with E-state index in [0.717, 1.165) is 19.3 Å². The van der Waals surface area contributed by atoms with Crippen molar-refractivity contribution >= 4 is 5.97 Å². The Morgan fingerprint density at radius 3 is 2.42 bits per heavy atom. The number of hydrogen-bond acceptors (Lipinski definition) is 1. The lowest BCUT2D eigenvalue weighted by Crippen LogP contribution is -2.65. The van der Waals surface area contributed by atoms with Crippen LogP contribution in [0.4, 0.5) is 0 Å². The Balaban J connectivity index is 1.83. The minimum atomic E-state index is -0.555. The highest BCUT2D eigenvalue weighted by Crippen LogP contribution is 2.75. The fraction of sp³-hybridized carbons (Fsp3) is 0.900. The van der Waals surface area contributed by atoms with E-state index < -0.39 is 5.97 Å². The fourth-order valence-electron chi connectivity index (χ4n) is 3.04. The summed E-state index contributed by atoms with van der Waals surface area (Å²) in [6.45, 7) is 2.19. The van der Waals surface area contributed by atoms with Crippen LogP contribution >= 0.6 is 0 Å². The maximum atomic E-state index is 10.8. The van der Waals surface area contributed by atoms with E-state index in [4.69, 9.17) is 5.11 Å². The average molecular weight is 168 g/mol. The van der Waals surface area contributed by atoms with Crippen molar-refractivity contribution in [3.63, 3.8) is 0 Å². The van der Waals surface area contributed by atoms with Crippen molar-refractivity contribution in [3.05, 3.63) is 0 Å². The Morgan fingerprint density at radius 1 is 1.42 bits per heavy atom. The van der Waals surface area contributed by atoms with Gasteiger partial charge in [0.1, 0.15) is 0 Å². The van der Waals surface area contributed by atoms with E-state index in [2.05, 4.69) is 6.92 Å². The van der Waals surface area contributed by atoms with E-state index in [1.807, 2.05) is 0 Å². The van der Waals surface area contributed by atoms with Gasteiger partial charge >= 0.3 is 5.97 Å². The number of carboxylic acids is 1. The summed E-state index contributed by atoms with van der Waals surface area (Å²) in [5.41, 5.74) is 0.224. The third-order valence-corrected chi connectivity index (χ3v) is 3.65. The quantitative estimate of drug-likeness (QED) is 0.700. The van der Waals surface area contributed by atoms with Crippen LogP contribution in [0.3, 0.4) is 0 Å². The molecule has 0 aromatic rings. The fourth-order valence-corrected chi connectivity index (χ4v) is 3.04. The molecule has 0 aliphatic heterocycles. The molecule has 0 amide bonds. The average Bonchev–Trinajstić information content (AvgIpc) is 1.81. The second-order valence-corrected chi connectivity index (χ2v) is 4.72. The van der Waals surface area contributed by atoms with Crippen LogP contribution < -0.4 is 0 Å². The van der Waals surface area contributed by atoms with Crippen LogP contribution in [0, 0.1) is 10.8 Å². The standard InChI is InChI=1S/C10H16O2/c1-2-3-4-9-5-10(6-9,7-9)8(11)12/h2-7H2,1H3,(H,11,12). The van der Waals surface area contributed by atoms with Crippen LogP contribution in [0.1, 0.15) is 45.4 Å². The number of rotatable bonds is 4. The maximum absolute atomic E-state index is 10.8. The van der Waals surface area contributed by atoms with Gasteiger partial charge in [0.2, 0.25) is 0 Å². The number of aliphatic carboxylic acids is 1. The summed E-state index contributed by atoms with van der Waals surface area (Å²) < 4.78 is 0. The van der Waals surface area contributed by atoms with E-state index >= 15 is 0 Å². The minimum absolute atomic E-state index is 0.256. The first-order chi connectivity index (χ1) is 5.63. The van der Waals surface area contributed by atoms with Gasteiger partial charge in [0.25, 0.3) is 0 Å². The van der Waals surface area contributed by atoms with Crippen molar-refractivity contribution in [1.82, 2.24) is 0 Å². The topological polar surface area (TPSA) is 37.3 Å². The third kappa shape index (κ3) is 0.838. The number of hydrogen-bond donors (Lipinski definition) is 1. The molecule has 3 aliphatic carbocycles. The molecule has 0 saturated heterocycles. The molecule has 3 aliphatic rings. The van der Waals surface area contributed by atoms with Crippen molar-refractivity contribution < 1.29 is 9.90 Å². The molecule has 0 radical (unpaired) electrons. The van der Waals surface area contributed by atoms with Crippen molar-refractivity contribution in [3.8, 4) is 0 Å². The predicted octanol–water partition coefficient (Wildman–Crippen LogP) is 2.43. The van der Waals surface area contributed by atoms with Gasteiger partial charge in [-0.15, -0.1) is 0 Å². The normalized spacial score (nSPS) is 43.1. The lowest BCUT2D eigenvalue weighted by atomic mass is 9.34. The van der Waals surface area contributed by atoms with Crippen molar-refractivity contribution in [2.45, 2.75) is 45.4 Å². The van der Waals surface area contributed by atoms with Crippen LogP contribution in [0.25, 0.3) is 0 Å². The highest BCUT2D eigenvalue weighted by atomic mass is 16.4. The number of unbranched alkanes of at least 4 members (excludes halogenated alkanes) is 1. The lowest BCUT2D eigenvalue weighted by Gasteiger charge is -2.68. The molecule has 68 valence electrons. The molecule has 1 N–H and O–H groups in total. The molecule has 0 heterocycles. The smallest absolute Gasteiger partial charge is 0.309 e. The SMILES string of the molecule is CCCCC12CC(C(=O)O)(C1)C2. The molecule has 0 spiro atoms. The predicted molar refractivity (Wildman–Crippen MR) is 45.9 cm³/mol. The van der Waals surface area contributed by atoms with Crippen molar-refractivity contribution in [2.24, 2.45) is 10.8 Å². The number of carboxylic acid groups (broad SMARTS) is 1. The molecular formula is C10H16O2. The van der Waals surface area contributed by atoms with E-state index in [-0.39, 0.29) is 5.41 Å².